The summed E-state index contributed by atoms with van der Waals surface area (Å²) >= 11 is 0. The number of hydrogen-bond donors (Lipinski definition) is 0. The Morgan fingerprint density at radius 3 is 2.43 bits per heavy atom. The fourth-order valence-corrected chi connectivity index (χ4v) is 2.75. The van der Waals surface area contributed by atoms with E-state index < -0.39 is 5.54 Å². The first kappa shape index (κ1) is 15.5. The molecule has 5 heteroatoms. The van der Waals surface area contributed by atoms with E-state index in [1.54, 1.807) is 7.11 Å². The minimum Gasteiger partial charge on any atom is -0.497 e. The lowest BCUT2D eigenvalue weighted by Gasteiger charge is -2.43. The summed E-state index contributed by atoms with van der Waals surface area (Å²) in [5, 5.41) is 0. The predicted octanol–water partition coefficient (Wildman–Crippen LogP) is 2.52. The van der Waals surface area contributed by atoms with Crippen LogP contribution in [0.3, 0.4) is 0 Å². The van der Waals surface area contributed by atoms with Crippen molar-refractivity contribution in [1.29, 1.82) is 0 Å². The Morgan fingerprint density at radius 1 is 1.13 bits per heavy atom. The predicted molar refractivity (Wildman–Crippen MR) is 87.7 cm³/mol. The van der Waals surface area contributed by atoms with Gasteiger partial charge in [-0.1, -0.05) is 6.07 Å². The highest BCUT2D eigenvalue weighted by Gasteiger charge is 2.40. The van der Waals surface area contributed by atoms with Gasteiger partial charge in [0.25, 0.3) is 0 Å². The standard InChI is InChI=1S/C18H22N2O3/c1-18(2,20-9-4-5-10-20)17(21)19-12-16(13-19)23-15-8-6-7-14(11-15)22-3/h4-11,16H,12-13H2,1-3H3. The quantitative estimate of drug-likeness (QED) is 0.852. The van der Waals surface area contributed by atoms with E-state index in [0.29, 0.717) is 13.1 Å². The van der Waals surface area contributed by atoms with Gasteiger partial charge in [0.15, 0.2) is 0 Å². The SMILES string of the molecule is COc1cccc(OC2CN(C(=O)C(C)(C)n3cccc3)C2)c1. The molecule has 1 fully saturated rings. The Labute approximate surface area is 136 Å². The molecule has 0 radical (unpaired) electrons. The molecule has 2 heterocycles. The Bertz CT molecular complexity index is 673. The number of likely N-dealkylation sites (tertiary alicyclic amines) is 1. The zero-order valence-electron chi connectivity index (χ0n) is 13.7. The van der Waals surface area contributed by atoms with E-state index in [2.05, 4.69) is 0 Å². The summed E-state index contributed by atoms with van der Waals surface area (Å²) in [6.45, 7) is 5.10. The number of nitrogens with zero attached hydrogens (tertiary/aromatic N) is 2. The van der Waals surface area contributed by atoms with Crippen LogP contribution in [0, 0.1) is 0 Å². The van der Waals surface area contributed by atoms with Crippen molar-refractivity contribution in [3.05, 3.63) is 48.8 Å². The Morgan fingerprint density at radius 2 is 1.78 bits per heavy atom. The maximum atomic E-state index is 12.7. The highest BCUT2D eigenvalue weighted by molar-refractivity contribution is 5.84. The number of benzene rings is 1. The normalized spacial score (nSPS) is 15.2. The highest BCUT2D eigenvalue weighted by atomic mass is 16.5. The third kappa shape index (κ3) is 3.04. The summed E-state index contributed by atoms with van der Waals surface area (Å²) in [6.07, 6.45) is 3.87. The molecule has 0 aliphatic carbocycles. The average Bonchev–Trinajstić information content (AvgIpc) is 3.05. The number of amides is 1. The number of hydrogen-bond acceptors (Lipinski definition) is 3. The molecule has 0 unspecified atom stereocenters. The molecule has 0 bridgehead atoms. The molecule has 1 aromatic heterocycles. The second-order valence-electron chi connectivity index (χ2n) is 6.28. The van der Waals surface area contributed by atoms with Crippen molar-refractivity contribution < 1.29 is 14.3 Å². The number of carbonyl (C=O) groups excluding carboxylic acids is 1. The molecule has 0 N–H and O–H groups in total. The summed E-state index contributed by atoms with van der Waals surface area (Å²) in [6, 6.07) is 11.4. The van der Waals surface area contributed by atoms with E-state index in [1.807, 2.05) is 72.1 Å². The monoisotopic (exact) mass is 314 g/mol. The minimum atomic E-state index is -0.579. The van der Waals surface area contributed by atoms with Crippen LogP contribution in [0.2, 0.25) is 0 Å². The van der Waals surface area contributed by atoms with E-state index in [4.69, 9.17) is 9.47 Å². The van der Waals surface area contributed by atoms with Gasteiger partial charge in [0.1, 0.15) is 23.1 Å². The second-order valence-corrected chi connectivity index (χ2v) is 6.28. The summed E-state index contributed by atoms with van der Waals surface area (Å²) in [7, 11) is 1.63. The molecule has 1 saturated heterocycles. The largest absolute Gasteiger partial charge is 0.497 e. The summed E-state index contributed by atoms with van der Waals surface area (Å²) in [5.74, 6) is 1.65. The molecule has 1 amide bonds. The maximum Gasteiger partial charge on any atom is 0.248 e. The lowest BCUT2D eigenvalue weighted by molar-refractivity contribution is -0.148. The highest BCUT2D eigenvalue weighted by Crippen LogP contribution is 2.26. The van der Waals surface area contributed by atoms with E-state index >= 15 is 0 Å². The fourth-order valence-electron chi connectivity index (χ4n) is 2.75. The van der Waals surface area contributed by atoms with Crippen LogP contribution >= 0.6 is 0 Å². The maximum absolute atomic E-state index is 12.7. The Balaban J connectivity index is 1.57. The fraction of sp³-hybridized carbons (Fsp3) is 0.389. The smallest absolute Gasteiger partial charge is 0.248 e. The summed E-state index contributed by atoms with van der Waals surface area (Å²) in [5.41, 5.74) is -0.579. The van der Waals surface area contributed by atoms with Crippen LogP contribution in [-0.2, 0) is 10.3 Å². The molecule has 1 aromatic carbocycles. The van der Waals surface area contributed by atoms with Crippen molar-refractivity contribution in [3.63, 3.8) is 0 Å². The van der Waals surface area contributed by atoms with Gasteiger partial charge in [-0.2, -0.15) is 0 Å². The first-order valence-electron chi connectivity index (χ1n) is 7.74. The van der Waals surface area contributed by atoms with Crippen molar-refractivity contribution in [1.82, 2.24) is 9.47 Å². The van der Waals surface area contributed by atoms with Crippen LogP contribution in [0.5, 0.6) is 11.5 Å². The van der Waals surface area contributed by atoms with Gasteiger partial charge >= 0.3 is 0 Å². The van der Waals surface area contributed by atoms with Gasteiger partial charge in [-0.3, -0.25) is 4.79 Å². The van der Waals surface area contributed by atoms with Gasteiger partial charge in [0, 0.05) is 18.5 Å². The minimum absolute atomic E-state index is 0.0338. The molecule has 5 nitrogen and oxygen atoms in total. The molecule has 0 spiro atoms. The van der Waals surface area contributed by atoms with E-state index in [0.717, 1.165) is 11.5 Å². The number of rotatable bonds is 5. The number of aromatic nitrogens is 1. The van der Waals surface area contributed by atoms with Gasteiger partial charge < -0.3 is 18.9 Å². The molecule has 2 aromatic rings. The number of ether oxygens (including phenoxy) is 2. The third-order valence-electron chi connectivity index (χ3n) is 4.25. The lowest BCUT2D eigenvalue weighted by Crippen LogP contribution is -2.60. The molecule has 23 heavy (non-hydrogen) atoms. The van der Waals surface area contributed by atoms with E-state index in [9.17, 15) is 4.79 Å². The molecule has 0 saturated carbocycles. The molecule has 122 valence electrons. The topological polar surface area (TPSA) is 43.7 Å². The molecule has 3 rings (SSSR count). The zero-order valence-corrected chi connectivity index (χ0v) is 13.7. The van der Waals surface area contributed by atoms with Crippen LogP contribution < -0.4 is 9.47 Å². The van der Waals surface area contributed by atoms with Crippen LogP contribution in [0.4, 0.5) is 0 Å². The molecule has 1 aliphatic heterocycles. The zero-order chi connectivity index (χ0) is 16.4. The first-order valence-corrected chi connectivity index (χ1v) is 7.74. The molecule has 0 atom stereocenters. The molecule has 1 aliphatic rings. The second kappa shape index (κ2) is 5.99. The van der Waals surface area contributed by atoms with E-state index in [1.165, 1.54) is 0 Å². The average molecular weight is 314 g/mol. The molecular weight excluding hydrogens is 292 g/mol. The van der Waals surface area contributed by atoms with Crippen molar-refractivity contribution >= 4 is 5.91 Å². The van der Waals surface area contributed by atoms with Crippen LogP contribution in [-0.4, -0.2) is 41.7 Å². The van der Waals surface area contributed by atoms with Crippen LogP contribution in [0.15, 0.2) is 48.8 Å². The van der Waals surface area contributed by atoms with Crippen LogP contribution in [0.1, 0.15) is 13.8 Å². The molecular formula is C18H22N2O3. The summed E-state index contributed by atoms with van der Waals surface area (Å²) < 4.78 is 13.0. The van der Waals surface area contributed by atoms with Crippen LogP contribution in [0.25, 0.3) is 0 Å². The van der Waals surface area contributed by atoms with E-state index in [-0.39, 0.29) is 12.0 Å². The van der Waals surface area contributed by atoms with Crippen molar-refractivity contribution in [3.8, 4) is 11.5 Å². The van der Waals surface area contributed by atoms with Gasteiger partial charge in [-0.15, -0.1) is 0 Å². The van der Waals surface area contributed by atoms with Crippen molar-refractivity contribution in [2.75, 3.05) is 20.2 Å². The van der Waals surface area contributed by atoms with Gasteiger partial charge in [-0.05, 0) is 38.1 Å². The van der Waals surface area contributed by atoms with Gasteiger partial charge in [0.2, 0.25) is 5.91 Å². The third-order valence-corrected chi connectivity index (χ3v) is 4.25. The Hall–Kier alpha value is -2.43. The summed E-state index contributed by atoms with van der Waals surface area (Å²) in [4.78, 5) is 14.5. The van der Waals surface area contributed by atoms with Crippen molar-refractivity contribution in [2.45, 2.75) is 25.5 Å². The van der Waals surface area contributed by atoms with Gasteiger partial charge in [-0.25, -0.2) is 0 Å². The Kier molecular flexibility index (Phi) is 4.03. The number of methoxy groups -OCH3 is 1. The first-order chi connectivity index (χ1) is 11.0. The lowest BCUT2D eigenvalue weighted by atomic mass is 10.00. The number of carbonyl (C=O) groups is 1. The van der Waals surface area contributed by atoms with Crippen molar-refractivity contribution in [2.24, 2.45) is 0 Å². The van der Waals surface area contributed by atoms with Gasteiger partial charge in [0.05, 0.1) is 20.2 Å².